The topological polar surface area (TPSA) is 84.3 Å². The van der Waals surface area contributed by atoms with Crippen molar-refractivity contribution < 1.29 is 9.29 Å². The Hall–Kier alpha value is -1.85. The van der Waals surface area contributed by atoms with Crippen molar-refractivity contribution in [2.24, 2.45) is 0 Å². The summed E-state index contributed by atoms with van der Waals surface area (Å²) in [6.45, 7) is 0. The van der Waals surface area contributed by atoms with E-state index >= 15 is 0 Å². The summed E-state index contributed by atoms with van der Waals surface area (Å²) in [7, 11) is 1.59. The predicted molar refractivity (Wildman–Crippen MR) is 72.9 cm³/mol. The Morgan fingerprint density at radius 3 is 2.11 bits per heavy atom. The lowest BCUT2D eigenvalue weighted by Crippen LogP contribution is -2.04. The zero-order chi connectivity index (χ0) is 13.1. The molecule has 0 aliphatic heterocycles. The lowest BCUT2D eigenvalue weighted by Gasteiger charge is -2.11. The molecule has 4 nitrogen and oxygen atoms in total. The first-order valence-corrected chi connectivity index (χ1v) is 6.47. The predicted octanol–water partition coefficient (Wildman–Crippen LogP) is 2.03. The zero-order valence-corrected chi connectivity index (χ0v) is 10.7. The van der Waals surface area contributed by atoms with Crippen molar-refractivity contribution in [3.05, 3.63) is 42.5 Å². The highest BCUT2D eigenvalue weighted by molar-refractivity contribution is 7.91. The van der Waals surface area contributed by atoms with Crippen LogP contribution in [0.3, 0.4) is 0 Å². The van der Waals surface area contributed by atoms with Crippen molar-refractivity contribution in [2.45, 2.75) is 9.79 Å². The molecule has 1 atom stereocenters. The van der Waals surface area contributed by atoms with Gasteiger partial charge in [-0.05, 0) is 36.4 Å². The first kappa shape index (κ1) is 12.6. The van der Waals surface area contributed by atoms with Crippen molar-refractivity contribution >= 4 is 22.6 Å². The molecular formula is C13H14N2O2S. The summed E-state index contributed by atoms with van der Waals surface area (Å²) in [6.07, 6.45) is 0. The Kier molecular flexibility index (Phi) is 3.64. The van der Waals surface area contributed by atoms with Crippen LogP contribution in [0.5, 0.6) is 5.75 Å². The number of nitrogen functional groups attached to an aromatic ring is 2. The van der Waals surface area contributed by atoms with Crippen molar-refractivity contribution in [1.29, 1.82) is 0 Å². The van der Waals surface area contributed by atoms with Gasteiger partial charge in [-0.3, -0.25) is 0 Å². The number of anilines is 2. The van der Waals surface area contributed by atoms with Crippen LogP contribution in [0.4, 0.5) is 11.4 Å². The smallest absolute Gasteiger partial charge is 0.160 e. The normalized spacial score (nSPS) is 12.1. The summed E-state index contributed by atoms with van der Waals surface area (Å²) in [6, 6.07) is 12.1. The molecule has 0 aliphatic rings. The lowest BCUT2D eigenvalue weighted by molar-refractivity contribution is 0.414. The maximum atomic E-state index is 12.3. The summed E-state index contributed by atoms with van der Waals surface area (Å²) in [5.41, 5.74) is 12.3. The van der Waals surface area contributed by atoms with Gasteiger partial charge in [0.05, 0.1) is 18.5 Å². The van der Waals surface area contributed by atoms with Crippen LogP contribution in [0.25, 0.3) is 0 Å². The molecule has 0 saturated carbocycles. The van der Waals surface area contributed by atoms with Crippen LogP contribution in [0.2, 0.25) is 0 Å². The van der Waals surface area contributed by atoms with Crippen LogP contribution in [0.15, 0.2) is 52.3 Å². The van der Waals surface area contributed by atoms with Crippen LogP contribution in [0.1, 0.15) is 0 Å². The number of hydrogen-bond donors (Lipinski definition) is 2. The average molecular weight is 262 g/mol. The summed E-state index contributed by atoms with van der Waals surface area (Å²) in [5.74, 6) is 0.729. The molecule has 0 aliphatic carbocycles. The molecule has 2 aromatic rings. The van der Waals surface area contributed by atoms with E-state index < -0.39 is 11.2 Å². The Labute approximate surface area is 109 Å². The second-order valence-corrected chi connectivity index (χ2v) is 5.22. The third-order valence-corrected chi connectivity index (χ3v) is 3.93. The summed E-state index contributed by atoms with van der Waals surface area (Å²) in [5, 5.41) is 0. The number of benzene rings is 2. The Balaban J connectivity index is 2.28. The number of methoxy groups -OCH3 is 1. The maximum Gasteiger partial charge on any atom is 0.160 e. The van der Waals surface area contributed by atoms with E-state index in [2.05, 4.69) is 0 Å². The van der Waals surface area contributed by atoms with Gasteiger partial charge in [0.1, 0.15) is 5.75 Å². The molecule has 1 unspecified atom stereocenters. The molecule has 0 spiro atoms. The second-order valence-electron chi connectivity index (χ2n) is 3.73. The van der Waals surface area contributed by atoms with Crippen LogP contribution in [0, 0.1) is 0 Å². The first-order chi connectivity index (χ1) is 8.61. The third kappa shape index (κ3) is 2.52. The molecule has 4 N–H and O–H groups in total. The zero-order valence-electron chi connectivity index (χ0n) is 9.92. The van der Waals surface area contributed by atoms with Crippen LogP contribution >= 0.6 is 0 Å². The molecule has 2 aromatic carbocycles. The van der Waals surface area contributed by atoms with Crippen molar-refractivity contribution in [1.82, 2.24) is 0 Å². The van der Waals surface area contributed by atoms with Crippen LogP contribution < -0.4 is 16.2 Å². The number of ether oxygens (including phenoxy) is 1. The van der Waals surface area contributed by atoms with E-state index in [9.17, 15) is 4.55 Å². The van der Waals surface area contributed by atoms with E-state index in [1.807, 2.05) is 0 Å². The van der Waals surface area contributed by atoms with E-state index in [0.29, 0.717) is 21.2 Å². The van der Waals surface area contributed by atoms with Crippen molar-refractivity contribution in [2.75, 3.05) is 18.6 Å². The van der Waals surface area contributed by atoms with Crippen LogP contribution in [-0.2, 0) is 11.2 Å². The fourth-order valence-electron chi connectivity index (χ4n) is 1.50. The highest BCUT2D eigenvalue weighted by Crippen LogP contribution is 2.26. The third-order valence-electron chi connectivity index (χ3n) is 2.55. The maximum absolute atomic E-state index is 12.3. The van der Waals surface area contributed by atoms with Gasteiger partial charge >= 0.3 is 0 Å². The summed E-state index contributed by atoms with van der Waals surface area (Å²) >= 11 is -1.27. The SMILES string of the molecule is COc1ccc([S+]([O-])c2ccc(N)c(N)c2)cc1. The summed E-state index contributed by atoms with van der Waals surface area (Å²) in [4.78, 5) is 1.33. The quantitative estimate of drug-likeness (QED) is 0.654. The van der Waals surface area contributed by atoms with Gasteiger partial charge in [-0.25, -0.2) is 0 Å². The minimum absolute atomic E-state index is 0.439. The number of hydrogen-bond acceptors (Lipinski definition) is 4. The average Bonchev–Trinajstić information content (AvgIpc) is 2.41. The van der Waals surface area contributed by atoms with Gasteiger partial charge in [0.15, 0.2) is 9.79 Å². The minimum Gasteiger partial charge on any atom is -0.606 e. The Morgan fingerprint density at radius 1 is 0.944 bits per heavy atom. The summed E-state index contributed by atoms with van der Waals surface area (Å²) < 4.78 is 17.3. The molecule has 2 rings (SSSR count). The van der Waals surface area contributed by atoms with Gasteiger partial charge in [-0.1, -0.05) is 0 Å². The molecule has 0 bridgehead atoms. The standard InChI is InChI=1S/C13H14N2O2S/c1-17-9-2-4-10(5-3-9)18(16)11-6-7-12(14)13(15)8-11/h2-8H,14-15H2,1H3. The molecular weight excluding hydrogens is 248 g/mol. The van der Waals surface area contributed by atoms with E-state index in [-0.39, 0.29) is 0 Å². The molecule has 0 saturated heterocycles. The first-order valence-electron chi connectivity index (χ1n) is 5.32. The molecule has 5 heteroatoms. The molecule has 18 heavy (non-hydrogen) atoms. The van der Waals surface area contributed by atoms with Crippen molar-refractivity contribution in [3.63, 3.8) is 0 Å². The van der Waals surface area contributed by atoms with Gasteiger partial charge in [0.25, 0.3) is 0 Å². The molecule has 0 heterocycles. The molecule has 0 fully saturated rings. The van der Waals surface area contributed by atoms with Gasteiger partial charge < -0.3 is 20.8 Å². The molecule has 94 valence electrons. The van der Waals surface area contributed by atoms with Crippen molar-refractivity contribution in [3.8, 4) is 5.75 Å². The van der Waals surface area contributed by atoms with E-state index in [1.54, 1.807) is 49.6 Å². The van der Waals surface area contributed by atoms with Gasteiger partial charge in [-0.15, -0.1) is 0 Å². The molecule has 0 radical (unpaired) electrons. The second kappa shape index (κ2) is 5.20. The fraction of sp³-hybridized carbons (Fsp3) is 0.0769. The molecule has 0 aromatic heterocycles. The minimum atomic E-state index is -1.27. The highest BCUT2D eigenvalue weighted by Gasteiger charge is 2.15. The Morgan fingerprint density at radius 2 is 1.56 bits per heavy atom. The van der Waals surface area contributed by atoms with E-state index in [4.69, 9.17) is 16.2 Å². The highest BCUT2D eigenvalue weighted by atomic mass is 32.2. The Bertz CT molecular complexity index is 543. The van der Waals surface area contributed by atoms with Gasteiger partial charge in [0.2, 0.25) is 0 Å². The van der Waals surface area contributed by atoms with E-state index in [1.165, 1.54) is 0 Å². The van der Waals surface area contributed by atoms with Crippen LogP contribution in [-0.4, -0.2) is 11.7 Å². The largest absolute Gasteiger partial charge is 0.606 e. The fourth-order valence-corrected chi connectivity index (χ4v) is 2.58. The molecule has 0 amide bonds. The van der Waals surface area contributed by atoms with Gasteiger partial charge in [-0.2, -0.15) is 0 Å². The van der Waals surface area contributed by atoms with Gasteiger partial charge in [0, 0.05) is 17.2 Å². The lowest BCUT2D eigenvalue weighted by atomic mass is 10.3. The number of nitrogens with two attached hydrogens (primary N) is 2. The van der Waals surface area contributed by atoms with E-state index in [0.717, 1.165) is 5.75 Å². The monoisotopic (exact) mass is 262 g/mol. The number of rotatable bonds is 3.